The molecule has 13 heavy (non-hydrogen) atoms. The minimum absolute atomic E-state index is 0.226. The quantitative estimate of drug-likeness (QED) is 0.751. The lowest BCUT2D eigenvalue weighted by molar-refractivity contribution is -0.0384. The van der Waals surface area contributed by atoms with Gasteiger partial charge in [-0.3, -0.25) is 5.10 Å². The van der Waals surface area contributed by atoms with Crippen LogP contribution < -0.4 is 0 Å². The number of rotatable bonds is 2. The molecule has 0 fully saturated rings. The molecule has 4 nitrogen and oxygen atoms in total. The number of nitrogens with one attached hydrogen (secondary N) is 1. The molecule has 1 N–H and O–H groups in total. The first-order valence-corrected chi connectivity index (χ1v) is 4.10. The third-order valence-corrected chi connectivity index (χ3v) is 2.27. The van der Waals surface area contributed by atoms with Crippen LogP contribution in [0, 0.1) is 0 Å². The van der Waals surface area contributed by atoms with Crippen LogP contribution in [0.15, 0.2) is 16.1 Å². The van der Waals surface area contributed by atoms with E-state index in [1.165, 1.54) is 0 Å². The number of aliphatic imine (C=N–C) groups is 1. The zero-order chi connectivity index (χ0) is 10.1. The number of H-pyrrole nitrogens is 1. The SMILES string of the molecule is C=Nc1[nH]ncc1S(=O)C(F)(F)F. The topological polar surface area (TPSA) is 58.1 Å². The zero-order valence-corrected chi connectivity index (χ0v) is 6.95. The summed E-state index contributed by atoms with van der Waals surface area (Å²) in [5.74, 6) is -0.226. The van der Waals surface area contributed by atoms with E-state index in [1.807, 2.05) is 0 Å². The summed E-state index contributed by atoms with van der Waals surface area (Å²) in [5, 5.41) is 5.41. The highest BCUT2D eigenvalue weighted by Crippen LogP contribution is 2.30. The second kappa shape index (κ2) is 3.29. The molecule has 8 heteroatoms. The highest BCUT2D eigenvalue weighted by Gasteiger charge is 2.39. The summed E-state index contributed by atoms with van der Waals surface area (Å²) in [6.45, 7) is 3.01. The fourth-order valence-corrected chi connectivity index (χ4v) is 1.33. The van der Waals surface area contributed by atoms with Crippen LogP contribution >= 0.6 is 0 Å². The Morgan fingerprint density at radius 2 is 2.23 bits per heavy atom. The van der Waals surface area contributed by atoms with Gasteiger partial charge in [0, 0.05) is 0 Å². The van der Waals surface area contributed by atoms with Crippen LogP contribution in [0.1, 0.15) is 0 Å². The molecule has 1 unspecified atom stereocenters. The third-order valence-electron chi connectivity index (χ3n) is 1.15. The lowest BCUT2D eigenvalue weighted by Crippen LogP contribution is -2.15. The van der Waals surface area contributed by atoms with Crippen molar-refractivity contribution in [3.05, 3.63) is 6.20 Å². The average molecular weight is 211 g/mol. The van der Waals surface area contributed by atoms with E-state index >= 15 is 0 Å². The van der Waals surface area contributed by atoms with E-state index in [-0.39, 0.29) is 5.82 Å². The number of nitrogens with zero attached hydrogens (tertiary/aromatic N) is 2. The molecule has 1 aromatic heterocycles. The third kappa shape index (κ3) is 1.94. The molecule has 72 valence electrons. The second-order valence-electron chi connectivity index (χ2n) is 1.96. The standard InChI is InChI=1S/C5H4F3N3OS/c1-9-4-3(2-10-11-4)13(12)5(6,7)8/h2H,1H2,(H,10,11). The zero-order valence-electron chi connectivity index (χ0n) is 6.13. The van der Waals surface area contributed by atoms with Crippen molar-refractivity contribution in [2.24, 2.45) is 4.99 Å². The maximum absolute atomic E-state index is 11.9. The van der Waals surface area contributed by atoms with E-state index in [9.17, 15) is 17.4 Å². The monoisotopic (exact) mass is 211 g/mol. The summed E-state index contributed by atoms with van der Waals surface area (Å²) < 4.78 is 46.5. The molecule has 0 spiro atoms. The number of alkyl halides is 3. The highest BCUT2D eigenvalue weighted by molar-refractivity contribution is 7.86. The van der Waals surface area contributed by atoms with E-state index < -0.39 is 21.2 Å². The van der Waals surface area contributed by atoms with Crippen LogP contribution in [0.5, 0.6) is 0 Å². The predicted molar refractivity (Wildman–Crippen MR) is 40.3 cm³/mol. The minimum Gasteiger partial charge on any atom is -0.260 e. The summed E-state index contributed by atoms with van der Waals surface area (Å²) in [6, 6.07) is 0. The molecule has 0 aromatic carbocycles. The Balaban J connectivity index is 3.09. The maximum Gasteiger partial charge on any atom is 0.476 e. The number of hydrogen-bond acceptors (Lipinski definition) is 3. The van der Waals surface area contributed by atoms with Gasteiger partial charge >= 0.3 is 5.51 Å². The van der Waals surface area contributed by atoms with Crippen molar-refractivity contribution >= 4 is 23.3 Å². The molecule has 0 radical (unpaired) electrons. The van der Waals surface area contributed by atoms with Gasteiger partial charge in [-0.2, -0.15) is 18.3 Å². The Morgan fingerprint density at radius 3 is 2.69 bits per heavy atom. The van der Waals surface area contributed by atoms with Crippen molar-refractivity contribution in [2.75, 3.05) is 0 Å². The first-order valence-electron chi connectivity index (χ1n) is 2.95. The summed E-state index contributed by atoms with van der Waals surface area (Å²) >= 11 is 0. The molecule has 1 heterocycles. The Bertz CT molecular complexity index is 345. The summed E-state index contributed by atoms with van der Waals surface area (Å²) in [7, 11) is -3.11. The van der Waals surface area contributed by atoms with Gasteiger partial charge in [0.25, 0.3) is 0 Å². The van der Waals surface area contributed by atoms with E-state index in [0.29, 0.717) is 0 Å². The molecule has 0 saturated heterocycles. The van der Waals surface area contributed by atoms with Crippen molar-refractivity contribution in [3.63, 3.8) is 0 Å². The molecule has 0 aliphatic heterocycles. The Labute approximate surface area is 73.3 Å². The van der Waals surface area contributed by atoms with Gasteiger partial charge in [0.05, 0.1) is 6.20 Å². The van der Waals surface area contributed by atoms with Gasteiger partial charge in [-0.15, -0.1) is 0 Å². The summed E-state index contributed by atoms with van der Waals surface area (Å²) in [5.41, 5.74) is -4.80. The molecule has 0 aliphatic rings. The average Bonchev–Trinajstić information content (AvgIpc) is 2.48. The molecule has 0 saturated carbocycles. The molecule has 0 bridgehead atoms. The van der Waals surface area contributed by atoms with Crippen molar-refractivity contribution in [3.8, 4) is 0 Å². The fourth-order valence-electron chi connectivity index (χ4n) is 0.642. The first kappa shape index (κ1) is 9.90. The lowest BCUT2D eigenvalue weighted by atomic mass is 10.6. The van der Waals surface area contributed by atoms with Gasteiger partial charge in [-0.05, 0) is 6.72 Å². The van der Waals surface area contributed by atoms with E-state index in [2.05, 4.69) is 21.9 Å². The van der Waals surface area contributed by atoms with Gasteiger partial charge in [-0.1, -0.05) is 0 Å². The number of hydrogen-bond donors (Lipinski definition) is 1. The largest absolute Gasteiger partial charge is 0.476 e. The van der Waals surface area contributed by atoms with Gasteiger partial charge in [-0.25, -0.2) is 9.20 Å². The highest BCUT2D eigenvalue weighted by atomic mass is 32.2. The number of aromatic amines is 1. The van der Waals surface area contributed by atoms with Gasteiger partial charge in [0.2, 0.25) is 0 Å². The van der Waals surface area contributed by atoms with Crippen LogP contribution in [0.4, 0.5) is 19.0 Å². The molecule has 1 aromatic rings. The maximum atomic E-state index is 11.9. The van der Waals surface area contributed by atoms with E-state index in [0.717, 1.165) is 6.20 Å². The summed E-state index contributed by atoms with van der Waals surface area (Å²) in [6.07, 6.45) is 0.813. The van der Waals surface area contributed by atoms with E-state index in [1.54, 1.807) is 0 Å². The van der Waals surface area contributed by atoms with Crippen LogP contribution in [0.3, 0.4) is 0 Å². The Morgan fingerprint density at radius 1 is 1.62 bits per heavy atom. The van der Waals surface area contributed by atoms with Crippen LogP contribution in [-0.4, -0.2) is 26.6 Å². The van der Waals surface area contributed by atoms with Crippen molar-refractivity contribution in [1.29, 1.82) is 0 Å². The smallest absolute Gasteiger partial charge is 0.260 e. The fraction of sp³-hybridized carbons (Fsp3) is 0.200. The normalized spacial score (nSPS) is 14.1. The Hall–Kier alpha value is -1.18. The predicted octanol–water partition coefficient (Wildman–Crippen LogP) is 1.37. The second-order valence-corrected chi connectivity index (χ2v) is 3.40. The van der Waals surface area contributed by atoms with Crippen molar-refractivity contribution in [2.45, 2.75) is 10.4 Å². The number of halogens is 3. The molecular formula is C5H4F3N3OS. The van der Waals surface area contributed by atoms with Crippen LogP contribution in [-0.2, 0) is 10.8 Å². The van der Waals surface area contributed by atoms with Gasteiger partial charge in [0.1, 0.15) is 4.90 Å². The van der Waals surface area contributed by atoms with Crippen LogP contribution in [0.2, 0.25) is 0 Å². The molecule has 0 aliphatic carbocycles. The molecule has 1 atom stereocenters. The Kier molecular flexibility index (Phi) is 2.50. The van der Waals surface area contributed by atoms with Gasteiger partial charge < -0.3 is 0 Å². The van der Waals surface area contributed by atoms with Crippen LogP contribution in [0.25, 0.3) is 0 Å². The molecule has 0 amide bonds. The minimum atomic E-state index is -4.80. The van der Waals surface area contributed by atoms with Gasteiger partial charge in [0.15, 0.2) is 16.6 Å². The molecular weight excluding hydrogens is 207 g/mol. The van der Waals surface area contributed by atoms with Crippen molar-refractivity contribution in [1.82, 2.24) is 10.2 Å². The number of aromatic nitrogens is 2. The lowest BCUT2D eigenvalue weighted by Gasteiger charge is -2.03. The first-order chi connectivity index (χ1) is 5.96. The summed E-state index contributed by atoms with van der Waals surface area (Å²) in [4.78, 5) is 2.69. The van der Waals surface area contributed by atoms with Crippen molar-refractivity contribution < 1.29 is 17.4 Å². The molecule has 1 rings (SSSR count). The van der Waals surface area contributed by atoms with E-state index in [4.69, 9.17) is 0 Å².